The summed E-state index contributed by atoms with van der Waals surface area (Å²) in [7, 11) is 1.54. The van der Waals surface area contributed by atoms with Gasteiger partial charge in [-0.25, -0.2) is 4.98 Å². The number of hydrogen-bond donors (Lipinski definition) is 1. The minimum Gasteiger partial charge on any atom is -0.493 e. The number of nitrogens with zero attached hydrogens (tertiary/aromatic N) is 3. The van der Waals surface area contributed by atoms with E-state index >= 15 is 0 Å². The molecule has 2 aromatic carbocycles. The van der Waals surface area contributed by atoms with Crippen molar-refractivity contribution in [3.8, 4) is 5.75 Å². The second kappa shape index (κ2) is 7.92. The van der Waals surface area contributed by atoms with Crippen molar-refractivity contribution >= 4 is 23.1 Å². The lowest BCUT2D eigenvalue weighted by Gasteiger charge is -2.23. The fourth-order valence-electron chi connectivity index (χ4n) is 3.23. The number of hydrogen-bond acceptors (Lipinski definition) is 5. The van der Waals surface area contributed by atoms with E-state index in [9.17, 15) is 4.79 Å². The van der Waals surface area contributed by atoms with E-state index in [1.54, 1.807) is 25.4 Å². The van der Waals surface area contributed by atoms with E-state index < -0.39 is 0 Å². The van der Waals surface area contributed by atoms with E-state index in [1.165, 1.54) is 0 Å². The van der Waals surface area contributed by atoms with Crippen LogP contribution in [0.15, 0.2) is 84.1 Å². The highest BCUT2D eigenvalue weighted by molar-refractivity contribution is 6.43. The highest BCUT2D eigenvalue weighted by atomic mass is 16.5. The van der Waals surface area contributed by atoms with Crippen LogP contribution < -0.4 is 15.1 Å². The van der Waals surface area contributed by atoms with E-state index in [0.29, 0.717) is 23.7 Å². The molecule has 1 aromatic heterocycles. The second-order valence-corrected chi connectivity index (χ2v) is 6.37. The van der Waals surface area contributed by atoms with Crippen LogP contribution in [-0.4, -0.2) is 23.7 Å². The Morgan fingerprint density at radius 3 is 2.46 bits per heavy atom. The smallest absolute Gasteiger partial charge is 0.273 e. The molecular formula is C22H20N4O2. The van der Waals surface area contributed by atoms with Gasteiger partial charge in [-0.2, -0.15) is 5.10 Å². The summed E-state index contributed by atoms with van der Waals surface area (Å²) >= 11 is 0. The molecule has 0 bridgehead atoms. The van der Waals surface area contributed by atoms with Crippen molar-refractivity contribution in [1.29, 1.82) is 0 Å². The van der Waals surface area contributed by atoms with Gasteiger partial charge in [0.05, 0.1) is 18.8 Å². The SMILES string of the molecule is COc1cccnc1NC(=O)C1=NN(c2ccccc2)[C@@H](c2ccccc2)C1. The molecule has 1 N–H and O–H groups in total. The van der Waals surface area contributed by atoms with Gasteiger partial charge in [0, 0.05) is 12.6 Å². The van der Waals surface area contributed by atoms with Crippen LogP contribution in [0.1, 0.15) is 18.0 Å². The van der Waals surface area contributed by atoms with Crippen LogP contribution in [0.2, 0.25) is 0 Å². The van der Waals surface area contributed by atoms with Gasteiger partial charge in [-0.15, -0.1) is 0 Å². The van der Waals surface area contributed by atoms with Crippen molar-refractivity contribution in [1.82, 2.24) is 4.98 Å². The first kappa shape index (κ1) is 17.7. The molecule has 1 aliphatic heterocycles. The number of pyridine rings is 1. The standard InChI is InChI=1S/C22H20N4O2/c1-28-20-13-8-14-23-21(20)24-22(27)18-15-19(16-9-4-2-5-10-16)26(25-18)17-11-6-3-7-12-17/h2-14,19H,15H2,1H3,(H,23,24,27)/t19-/m1/s1. The van der Waals surface area contributed by atoms with Crippen LogP contribution in [0.4, 0.5) is 11.5 Å². The lowest BCUT2D eigenvalue weighted by atomic mass is 10.0. The Morgan fingerprint density at radius 1 is 1.04 bits per heavy atom. The molecule has 4 rings (SSSR count). The van der Waals surface area contributed by atoms with Crippen molar-refractivity contribution < 1.29 is 9.53 Å². The zero-order valence-electron chi connectivity index (χ0n) is 15.4. The highest BCUT2D eigenvalue weighted by Gasteiger charge is 2.32. The van der Waals surface area contributed by atoms with Crippen molar-refractivity contribution in [3.05, 3.63) is 84.6 Å². The van der Waals surface area contributed by atoms with Crippen LogP contribution in [0, 0.1) is 0 Å². The summed E-state index contributed by atoms with van der Waals surface area (Å²) in [6, 6.07) is 23.4. The number of anilines is 2. The monoisotopic (exact) mass is 372 g/mol. The molecule has 0 saturated carbocycles. The van der Waals surface area contributed by atoms with Crippen LogP contribution in [0.3, 0.4) is 0 Å². The van der Waals surface area contributed by atoms with E-state index in [1.807, 2.05) is 53.5 Å². The maximum Gasteiger partial charge on any atom is 0.273 e. The number of para-hydroxylation sites is 1. The summed E-state index contributed by atoms with van der Waals surface area (Å²) in [6.07, 6.45) is 2.11. The minimum absolute atomic E-state index is 0.0463. The summed E-state index contributed by atoms with van der Waals surface area (Å²) in [5.74, 6) is 0.609. The Kier molecular flexibility index (Phi) is 5.01. The lowest BCUT2D eigenvalue weighted by molar-refractivity contribution is -0.110. The Hall–Kier alpha value is -3.67. The van der Waals surface area contributed by atoms with E-state index in [-0.39, 0.29) is 11.9 Å². The molecule has 0 unspecified atom stereocenters. The molecule has 3 aromatic rings. The quantitative estimate of drug-likeness (QED) is 0.734. The molecule has 140 valence electrons. The zero-order valence-corrected chi connectivity index (χ0v) is 15.4. The summed E-state index contributed by atoms with van der Waals surface area (Å²) in [5, 5.41) is 9.35. The van der Waals surface area contributed by atoms with Crippen molar-refractivity contribution in [2.24, 2.45) is 5.10 Å². The fourth-order valence-corrected chi connectivity index (χ4v) is 3.23. The number of hydrazone groups is 1. The minimum atomic E-state index is -0.281. The number of methoxy groups -OCH3 is 1. The molecule has 6 heteroatoms. The van der Waals surface area contributed by atoms with E-state index in [0.717, 1.165) is 11.3 Å². The van der Waals surface area contributed by atoms with Gasteiger partial charge >= 0.3 is 0 Å². The Labute approximate surface area is 163 Å². The number of ether oxygens (including phenoxy) is 1. The maximum atomic E-state index is 12.9. The van der Waals surface area contributed by atoms with Gasteiger partial charge < -0.3 is 10.1 Å². The molecule has 0 saturated heterocycles. The molecular weight excluding hydrogens is 352 g/mol. The third-order valence-corrected chi connectivity index (χ3v) is 4.60. The third-order valence-electron chi connectivity index (χ3n) is 4.60. The Balaban J connectivity index is 1.63. The first-order valence-corrected chi connectivity index (χ1v) is 9.03. The lowest BCUT2D eigenvalue weighted by Crippen LogP contribution is -2.22. The van der Waals surface area contributed by atoms with Crippen molar-refractivity contribution in [3.63, 3.8) is 0 Å². The number of benzene rings is 2. The molecule has 0 aliphatic carbocycles. The van der Waals surface area contributed by atoms with Crippen LogP contribution in [-0.2, 0) is 4.79 Å². The third kappa shape index (κ3) is 3.57. The largest absolute Gasteiger partial charge is 0.493 e. The molecule has 6 nitrogen and oxygen atoms in total. The summed E-state index contributed by atoms with van der Waals surface area (Å²) in [4.78, 5) is 17.1. The van der Waals surface area contributed by atoms with Crippen LogP contribution in [0.5, 0.6) is 5.75 Å². The number of nitrogens with one attached hydrogen (secondary N) is 1. The van der Waals surface area contributed by atoms with Gasteiger partial charge in [0.2, 0.25) is 0 Å². The molecule has 1 amide bonds. The first-order valence-electron chi connectivity index (χ1n) is 9.03. The van der Waals surface area contributed by atoms with Gasteiger partial charge in [-0.1, -0.05) is 48.5 Å². The van der Waals surface area contributed by atoms with Gasteiger partial charge in [-0.3, -0.25) is 9.80 Å². The van der Waals surface area contributed by atoms with E-state index in [4.69, 9.17) is 4.74 Å². The average molecular weight is 372 g/mol. The van der Waals surface area contributed by atoms with Gasteiger partial charge in [0.1, 0.15) is 5.71 Å². The van der Waals surface area contributed by atoms with E-state index in [2.05, 4.69) is 27.5 Å². The average Bonchev–Trinajstić information content (AvgIpc) is 3.21. The normalized spacial score (nSPS) is 15.8. The molecule has 28 heavy (non-hydrogen) atoms. The molecule has 0 spiro atoms. The predicted octanol–water partition coefficient (Wildman–Crippen LogP) is 4.04. The van der Waals surface area contributed by atoms with Crippen molar-refractivity contribution in [2.45, 2.75) is 12.5 Å². The number of amides is 1. The predicted molar refractivity (Wildman–Crippen MR) is 110 cm³/mol. The second-order valence-electron chi connectivity index (χ2n) is 6.37. The maximum absolute atomic E-state index is 12.9. The number of carbonyl (C=O) groups excluding carboxylic acids is 1. The van der Waals surface area contributed by atoms with Crippen LogP contribution >= 0.6 is 0 Å². The molecule has 0 radical (unpaired) electrons. The molecule has 0 fully saturated rings. The first-order chi connectivity index (χ1) is 13.8. The molecule has 1 aliphatic rings. The summed E-state index contributed by atoms with van der Waals surface area (Å²) in [6.45, 7) is 0. The zero-order chi connectivity index (χ0) is 19.3. The Bertz CT molecular complexity index is 990. The summed E-state index contributed by atoms with van der Waals surface area (Å²) in [5.41, 5.74) is 2.49. The summed E-state index contributed by atoms with van der Waals surface area (Å²) < 4.78 is 5.26. The van der Waals surface area contributed by atoms with Gasteiger partial charge in [0.15, 0.2) is 11.6 Å². The number of aromatic nitrogens is 1. The molecule has 1 atom stereocenters. The number of carbonyl (C=O) groups is 1. The number of rotatable bonds is 5. The van der Waals surface area contributed by atoms with Crippen LogP contribution in [0.25, 0.3) is 0 Å². The fraction of sp³-hybridized carbons (Fsp3) is 0.136. The van der Waals surface area contributed by atoms with Gasteiger partial charge in [0.25, 0.3) is 5.91 Å². The molecule has 2 heterocycles. The van der Waals surface area contributed by atoms with Crippen molar-refractivity contribution in [2.75, 3.05) is 17.4 Å². The topological polar surface area (TPSA) is 66.8 Å². The van der Waals surface area contributed by atoms with Gasteiger partial charge in [-0.05, 0) is 29.8 Å². The highest BCUT2D eigenvalue weighted by Crippen LogP contribution is 2.35. The Morgan fingerprint density at radius 2 is 1.75 bits per heavy atom.